The lowest BCUT2D eigenvalue weighted by Gasteiger charge is -2.22. The molecule has 0 spiro atoms. The molecule has 0 aliphatic heterocycles. The van der Waals surface area contributed by atoms with Crippen molar-refractivity contribution in [1.29, 1.82) is 0 Å². The van der Waals surface area contributed by atoms with Gasteiger partial charge in [0, 0.05) is 24.4 Å². The van der Waals surface area contributed by atoms with Gasteiger partial charge in [-0.3, -0.25) is 0 Å². The number of amides is 1. The summed E-state index contributed by atoms with van der Waals surface area (Å²) in [5, 5.41) is 2.98. The van der Waals surface area contributed by atoms with Crippen LogP contribution < -0.4 is 5.32 Å². The lowest BCUT2D eigenvalue weighted by molar-refractivity contribution is 0.107. The average molecular weight is 355 g/mol. The Kier molecular flexibility index (Phi) is 5.96. The molecule has 1 amide bonds. The summed E-state index contributed by atoms with van der Waals surface area (Å²) in [5.74, 6) is 1.04. The van der Waals surface area contributed by atoms with Crippen molar-refractivity contribution >= 4 is 6.09 Å². The van der Waals surface area contributed by atoms with Crippen molar-refractivity contribution in [2.75, 3.05) is 0 Å². The average Bonchev–Trinajstić information content (AvgIpc) is 3.11. The van der Waals surface area contributed by atoms with Gasteiger partial charge in [-0.1, -0.05) is 44.4 Å². The van der Waals surface area contributed by atoms with E-state index in [1.165, 1.54) is 36.0 Å². The van der Waals surface area contributed by atoms with Crippen LogP contribution in [0.2, 0.25) is 0 Å². The maximum absolute atomic E-state index is 12.1. The number of carbonyl (C=O) groups is 1. The van der Waals surface area contributed by atoms with Crippen molar-refractivity contribution in [3.63, 3.8) is 0 Å². The van der Waals surface area contributed by atoms with Crippen LogP contribution in [0.5, 0.6) is 0 Å². The number of hydrogen-bond donors (Lipinski definition) is 1. The summed E-state index contributed by atoms with van der Waals surface area (Å²) in [6.07, 6.45) is 9.03. The van der Waals surface area contributed by atoms with Gasteiger partial charge in [-0.15, -0.1) is 0 Å². The summed E-state index contributed by atoms with van der Waals surface area (Å²) in [6, 6.07) is 6.60. The zero-order chi connectivity index (χ0) is 18.5. The maximum Gasteiger partial charge on any atom is 0.409 e. The summed E-state index contributed by atoms with van der Waals surface area (Å²) in [5.41, 5.74) is 3.81. The largest absolute Gasteiger partial charge is 0.428 e. The minimum absolute atomic E-state index is 0.134. The second-order valence-electron chi connectivity index (χ2n) is 7.31. The second kappa shape index (κ2) is 8.39. The van der Waals surface area contributed by atoms with E-state index in [2.05, 4.69) is 49.3 Å². The molecule has 1 aliphatic rings. The van der Waals surface area contributed by atoms with Gasteiger partial charge in [0.15, 0.2) is 6.73 Å². The van der Waals surface area contributed by atoms with Gasteiger partial charge < -0.3 is 14.6 Å². The molecule has 0 saturated heterocycles. The summed E-state index contributed by atoms with van der Waals surface area (Å²) in [6.45, 7) is 6.59. The maximum atomic E-state index is 12.1. The number of aryl methyl sites for hydroxylation is 1. The van der Waals surface area contributed by atoms with Gasteiger partial charge >= 0.3 is 6.09 Å². The number of carbonyl (C=O) groups excluding carboxylic acids is 1. The Hall–Kier alpha value is -2.30. The number of hydrogen-bond acceptors (Lipinski definition) is 3. The molecule has 1 atom stereocenters. The fourth-order valence-electron chi connectivity index (χ4n) is 3.78. The highest BCUT2D eigenvalue weighted by Crippen LogP contribution is 2.27. The standard InChI is InChI=1S/C21H29N3O2/c1-15-8-7-11-19(16(15)2)17(3)20-22-12-13-24(20)14-26-21(25)23-18-9-5-4-6-10-18/h7-8,11-13,17-18H,4-6,9-10,14H2,1-3H3,(H,23,25). The molecule has 1 saturated carbocycles. The Morgan fingerprint density at radius 1 is 1.31 bits per heavy atom. The molecule has 0 bridgehead atoms. The van der Waals surface area contributed by atoms with Crippen molar-refractivity contribution in [2.24, 2.45) is 0 Å². The number of benzene rings is 1. The predicted molar refractivity (Wildman–Crippen MR) is 102 cm³/mol. The van der Waals surface area contributed by atoms with Crippen LogP contribution in [0.4, 0.5) is 4.79 Å². The Morgan fingerprint density at radius 3 is 2.85 bits per heavy atom. The summed E-state index contributed by atoms with van der Waals surface area (Å²) < 4.78 is 7.35. The minimum Gasteiger partial charge on any atom is -0.428 e. The van der Waals surface area contributed by atoms with Crippen LogP contribution in [-0.4, -0.2) is 21.7 Å². The van der Waals surface area contributed by atoms with E-state index in [1.807, 2.05) is 10.8 Å². The molecule has 1 heterocycles. The monoisotopic (exact) mass is 355 g/mol. The predicted octanol–water partition coefficient (Wildman–Crippen LogP) is 4.67. The quantitative estimate of drug-likeness (QED) is 0.848. The molecule has 26 heavy (non-hydrogen) atoms. The van der Waals surface area contributed by atoms with E-state index in [4.69, 9.17) is 4.74 Å². The van der Waals surface area contributed by atoms with Gasteiger partial charge in [0.05, 0.1) is 0 Å². The number of ether oxygens (including phenoxy) is 1. The zero-order valence-electron chi connectivity index (χ0n) is 16.0. The molecule has 1 aromatic heterocycles. The number of alkyl carbamates (subject to hydrolysis) is 1. The van der Waals surface area contributed by atoms with E-state index < -0.39 is 0 Å². The number of nitrogens with one attached hydrogen (secondary N) is 1. The third-order valence-corrected chi connectivity index (χ3v) is 5.51. The van der Waals surface area contributed by atoms with Crippen molar-refractivity contribution in [2.45, 2.75) is 71.6 Å². The highest BCUT2D eigenvalue weighted by Gasteiger charge is 2.19. The first-order valence-corrected chi connectivity index (χ1v) is 9.56. The van der Waals surface area contributed by atoms with Crippen LogP contribution >= 0.6 is 0 Å². The Bertz CT molecular complexity index is 747. The first kappa shape index (κ1) is 18.5. The van der Waals surface area contributed by atoms with Crippen molar-refractivity contribution < 1.29 is 9.53 Å². The molecule has 2 aromatic rings. The molecule has 1 aliphatic carbocycles. The first-order chi connectivity index (χ1) is 12.6. The van der Waals surface area contributed by atoms with Gasteiger partial charge in [-0.2, -0.15) is 0 Å². The zero-order valence-corrected chi connectivity index (χ0v) is 16.0. The third kappa shape index (κ3) is 4.26. The third-order valence-electron chi connectivity index (χ3n) is 5.51. The van der Waals surface area contributed by atoms with Crippen LogP contribution in [0.3, 0.4) is 0 Å². The topological polar surface area (TPSA) is 56.2 Å². The number of nitrogens with zero attached hydrogens (tertiary/aromatic N) is 2. The highest BCUT2D eigenvalue weighted by molar-refractivity contribution is 5.67. The molecule has 0 radical (unpaired) electrons. The summed E-state index contributed by atoms with van der Waals surface area (Å²) in [7, 11) is 0. The van der Waals surface area contributed by atoms with E-state index in [0.717, 1.165) is 18.7 Å². The SMILES string of the molecule is Cc1cccc(C(C)c2nccn2COC(=O)NC2CCCCC2)c1C. The lowest BCUT2D eigenvalue weighted by atomic mass is 9.93. The molecular weight excluding hydrogens is 326 g/mol. The van der Waals surface area contributed by atoms with E-state index in [9.17, 15) is 4.79 Å². The highest BCUT2D eigenvalue weighted by atomic mass is 16.6. The van der Waals surface area contributed by atoms with Gasteiger partial charge in [0.1, 0.15) is 5.82 Å². The van der Waals surface area contributed by atoms with Crippen LogP contribution in [0.1, 0.15) is 67.5 Å². The summed E-state index contributed by atoms with van der Waals surface area (Å²) in [4.78, 5) is 16.6. The Labute approximate surface area is 155 Å². The van der Waals surface area contributed by atoms with Crippen molar-refractivity contribution in [3.8, 4) is 0 Å². The molecule has 1 fully saturated rings. The lowest BCUT2D eigenvalue weighted by Crippen LogP contribution is -2.36. The molecule has 5 nitrogen and oxygen atoms in total. The molecule has 1 N–H and O–H groups in total. The number of imidazole rings is 1. The fraction of sp³-hybridized carbons (Fsp3) is 0.524. The van der Waals surface area contributed by atoms with E-state index in [-0.39, 0.29) is 24.8 Å². The van der Waals surface area contributed by atoms with Crippen LogP contribution in [0, 0.1) is 13.8 Å². The Morgan fingerprint density at radius 2 is 2.08 bits per heavy atom. The normalized spacial score (nSPS) is 16.3. The van der Waals surface area contributed by atoms with Crippen molar-refractivity contribution in [3.05, 3.63) is 53.1 Å². The fourth-order valence-corrected chi connectivity index (χ4v) is 3.78. The van der Waals surface area contributed by atoms with Gasteiger partial charge in [-0.25, -0.2) is 9.78 Å². The molecule has 5 heteroatoms. The van der Waals surface area contributed by atoms with Gasteiger partial charge in [0.2, 0.25) is 0 Å². The van der Waals surface area contributed by atoms with E-state index in [0.29, 0.717) is 0 Å². The Balaban J connectivity index is 1.63. The number of aromatic nitrogens is 2. The van der Waals surface area contributed by atoms with Crippen LogP contribution in [0.15, 0.2) is 30.6 Å². The van der Waals surface area contributed by atoms with Crippen molar-refractivity contribution in [1.82, 2.24) is 14.9 Å². The molecule has 3 rings (SSSR count). The molecular formula is C21H29N3O2. The smallest absolute Gasteiger partial charge is 0.409 e. The van der Waals surface area contributed by atoms with Crippen LogP contribution in [0.25, 0.3) is 0 Å². The second-order valence-corrected chi connectivity index (χ2v) is 7.31. The van der Waals surface area contributed by atoms with E-state index >= 15 is 0 Å². The summed E-state index contributed by atoms with van der Waals surface area (Å²) >= 11 is 0. The number of rotatable bonds is 5. The van der Waals surface area contributed by atoms with Gasteiger partial charge in [-0.05, 0) is 43.4 Å². The molecule has 1 aromatic carbocycles. The van der Waals surface area contributed by atoms with Crippen LogP contribution in [-0.2, 0) is 11.5 Å². The first-order valence-electron chi connectivity index (χ1n) is 9.56. The van der Waals surface area contributed by atoms with Gasteiger partial charge in [0.25, 0.3) is 0 Å². The molecule has 1 unspecified atom stereocenters. The van der Waals surface area contributed by atoms with E-state index in [1.54, 1.807) is 6.20 Å². The minimum atomic E-state index is -0.337. The molecule has 140 valence electrons.